The van der Waals surface area contributed by atoms with E-state index in [2.05, 4.69) is 49.2 Å². The Hall–Kier alpha value is -1.02. The Kier molecular flexibility index (Phi) is 5.26. The molecule has 0 bridgehead atoms. The molecule has 0 spiro atoms. The van der Waals surface area contributed by atoms with Crippen molar-refractivity contribution in [2.24, 2.45) is 0 Å². The Bertz CT molecular complexity index is 392. The van der Waals surface area contributed by atoms with Gasteiger partial charge in [0.1, 0.15) is 0 Å². The minimum atomic E-state index is 0.541. The number of piperidine rings is 1. The van der Waals surface area contributed by atoms with Crippen LogP contribution in [0.3, 0.4) is 0 Å². The van der Waals surface area contributed by atoms with Crippen LogP contribution in [0.25, 0.3) is 0 Å². The first-order valence-electron chi connectivity index (χ1n) is 7.81. The van der Waals surface area contributed by atoms with Gasteiger partial charge in [0.05, 0.1) is 0 Å². The number of nitrogens with one attached hydrogen (secondary N) is 1. The highest BCUT2D eigenvalue weighted by atomic mass is 15.1. The van der Waals surface area contributed by atoms with Crippen LogP contribution < -0.4 is 10.2 Å². The predicted molar refractivity (Wildman–Crippen MR) is 83.9 cm³/mol. The van der Waals surface area contributed by atoms with Gasteiger partial charge in [-0.2, -0.15) is 0 Å². The van der Waals surface area contributed by atoms with Crippen molar-refractivity contribution in [1.82, 2.24) is 5.32 Å². The van der Waals surface area contributed by atoms with E-state index >= 15 is 0 Å². The summed E-state index contributed by atoms with van der Waals surface area (Å²) in [4.78, 5) is 2.58. The first kappa shape index (κ1) is 14.4. The van der Waals surface area contributed by atoms with Crippen molar-refractivity contribution < 1.29 is 0 Å². The highest BCUT2D eigenvalue weighted by molar-refractivity contribution is 5.57. The molecule has 1 heterocycles. The number of anilines is 1. The van der Waals surface area contributed by atoms with Crippen LogP contribution >= 0.6 is 0 Å². The lowest BCUT2D eigenvalue weighted by Crippen LogP contribution is -2.32. The molecule has 0 saturated carbocycles. The van der Waals surface area contributed by atoms with Crippen LogP contribution in [-0.2, 0) is 13.0 Å². The van der Waals surface area contributed by atoms with Gasteiger partial charge in [0.25, 0.3) is 0 Å². The summed E-state index contributed by atoms with van der Waals surface area (Å²) in [7, 11) is 0. The van der Waals surface area contributed by atoms with Gasteiger partial charge in [0.15, 0.2) is 0 Å². The average Bonchev–Trinajstić information content (AvgIpc) is 2.45. The SMILES string of the molecule is CCc1cccc(N2CCCCC2)c1CNC(C)C. The average molecular weight is 260 g/mol. The third kappa shape index (κ3) is 3.73. The number of nitrogens with zero attached hydrogens (tertiary/aromatic N) is 1. The zero-order chi connectivity index (χ0) is 13.7. The summed E-state index contributed by atoms with van der Waals surface area (Å²) in [6, 6.07) is 7.35. The summed E-state index contributed by atoms with van der Waals surface area (Å²) in [5.74, 6) is 0. The molecule has 1 fully saturated rings. The number of hydrogen-bond acceptors (Lipinski definition) is 2. The summed E-state index contributed by atoms with van der Waals surface area (Å²) in [5.41, 5.74) is 4.48. The van der Waals surface area contributed by atoms with Crippen LogP contribution in [0.5, 0.6) is 0 Å². The van der Waals surface area contributed by atoms with E-state index in [-0.39, 0.29) is 0 Å². The first-order chi connectivity index (χ1) is 9.22. The maximum absolute atomic E-state index is 3.59. The topological polar surface area (TPSA) is 15.3 Å². The quantitative estimate of drug-likeness (QED) is 0.867. The fourth-order valence-corrected chi connectivity index (χ4v) is 2.89. The fourth-order valence-electron chi connectivity index (χ4n) is 2.89. The molecule has 0 amide bonds. The van der Waals surface area contributed by atoms with Gasteiger partial charge in [-0.3, -0.25) is 0 Å². The number of benzene rings is 1. The second kappa shape index (κ2) is 6.95. The lowest BCUT2D eigenvalue weighted by atomic mass is 10.00. The molecule has 1 saturated heterocycles. The third-order valence-electron chi connectivity index (χ3n) is 4.01. The van der Waals surface area contributed by atoms with Crippen molar-refractivity contribution in [3.63, 3.8) is 0 Å². The van der Waals surface area contributed by atoms with E-state index in [1.54, 1.807) is 0 Å². The molecule has 1 aromatic carbocycles. The Labute approximate surface area is 118 Å². The molecule has 1 aromatic rings. The highest BCUT2D eigenvalue weighted by Crippen LogP contribution is 2.27. The lowest BCUT2D eigenvalue weighted by Gasteiger charge is -2.31. The molecule has 0 atom stereocenters. The monoisotopic (exact) mass is 260 g/mol. The second-order valence-corrected chi connectivity index (χ2v) is 5.85. The Balaban J connectivity index is 2.24. The van der Waals surface area contributed by atoms with E-state index in [1.165, 1.54) is 49.2 Å². The molecule has 0 unspecified atom stereocenters. The van der Waals surface area contributed by atoms with Gasteiger partial charge in [-0.05, 0) is 42.9 Å². The molecular weight excluding hydrogens is 232 g/mol. The van der Waals surface area contributed by atoms with E-state index in [4.69, 9.17) is 0 Å². The predicted octanol–water partition coefficient (Wildman–Crippen LogP) is 3.74. The second-order valence-electron chi connectivity index (χ2n) is 5.85. The fraction of sp³-hybridized carbons (Fsp3) is 0.647. The lowest BCUT2D eigenvalue weighted by molar-refractivity contribution is 0.564. The Morgan fingerprint density at radius 2 is 1.89 bits per heavy atom. The smallest absolute Gasteiger partial charge is 0.0414 e. The first-order valence-corrected chi connectivity index (χ1v) is 7.81. The van der Waals surface area contributed by atoms with Gasteiger partial charge < -0.3 is 10.2 Å². The normalized spacial score (nSPS) is 16.1. The van der Waals surface area contributed by atoms with Crippen LogP contribution in [0.4, 0.5) is 5.69 Å². The van der Waals surface area contributed by atoms with Crippen molar-refractivity contribution in [3.05, 3.63) is 29.3 Å². The van der Waals surface area contributed by atoms with E-state index < -0.39 is 0 Å². The Morgan fingerprint density at radius 1 is 1.16 bits per heavy atom. The molecule has 0 aliphatic carbocycles. The summed E-state index contributed by atoms with van der Waals surface area (Å²) >= 11 is 0. The summed E-state index contributed by atoms with van der Waals surface area (Å²) < 4.78 is 0. The summed E-state index contributed by atoms with van der Waals surface area (Å²) in [6.45, 7) is 10.1. The van der Waals surface area contributed by atoms with E-state index in [9.17, 15) is 0 Å². The molecule has 19 heavy (non-hydrogen) atoms. The molecule has 1 aliphatic heterocycles. The zero-order valence-corrected chi connectivity index (χ0v) is 12.7. The van der Waals surface area contributed by atoms with Crippen molar-refractivity contribution in [2.45, 2.75) is 59.0 Å². The summed E-state index contributed by atoms with van der Waals surface area (Å²) in [6.07, 6.45) is 5.20. The van der Waals surface area contributed by atoms with Crippen LogP contribution in [-0.4, -0.2) is 19.1 Å². The molecule has 2 rings (SSSR count). The molecule has 1 aliphatic rings. The van der Waals surface area contributed by atoms with E-state index in [1.807, 2.05) is 0 Å². The van der Waals surface area contributed by atoms with Gasteiger partial charge in [-0.15, -0.1) is 0 Å². The van der Waals surface area contributed by atoms with Crippen molar-refractivity contribution in [2.75, 3.05) is 18.0 Å². The maximum Gasteiger partial charge on any atom is 0.0414 e. The van der Waals surface area contributed by atoms with Gasteiger partial charge in [0.2, 0.25) is 0 Å². The summed E-state index contributed by atoms with van der Waals surface area (Å²) in [5, 5.41) is 3.59. The zero-order valence-electron chi connectivity index (χ0n) is 12.7. The molecule has 0 aromatic heterocycles. The molecule has 106 valence electrons. The number of hydrogen-bond donors (Lipinski definition) is 1. The minimum absolute atomic E-state index is 0.541. The molecular formula is C17H28N2. The van der Waals surface area contributed by atoms with E-state index in [0.29, 0.717) is 6.04 Å². The molecule has 0 radical (unpaired) electrons. The molecule has 2 nitrogen and oxygen atoms in total. The van der Waals surface area contributed by atoms with Gasteiger partial charge in [-0.1, -0.05) is 32.9 Å². The van der Waals surface area contributed by atoms with Crippen LogP contribution in [0.1, 0.15) is 51.2 Å². The van der Waals surface area contributed by atoms with Gasteiger partial charge >= 0.3 is 0 Å². The highest BCUT2D eigenvalue weighted by Gasteiger charge is 2.16. The maximum atomic E-state index is 3.59. The minimum Gasteiger partial charge on any atom is -0.371 e. The standard InChI is InChI=1S/C17H28N2/c1-4-15-9-8-10-17(16(15)13-18-14(2)3)19-11-6-5-7-12-19/h8-10,14,18H,4-7,11-13H2,1-3H3. The van der Waals surface area contributed by atoms with Crippen LogP contribution in [0.2, 0.25) is 0 Å². The molecule has 1 N–H and O–H groups in total. The van der Waals surface area contributed by atoms with Gasteiger partial charge in [-0.25, -0.2) is 0 Å². The van der Waals surface area contributed by atoms with Crippen LogP contribution in [0.15, 0.2) is 18.2 Å². The van der Waals surface area contributed by atoms with Crippen molar-refractivity contribution >= 4 is 5.69 Å². The van der Waals surface area contributed by atoms with Crippen LogP contribution in [0, 0.1) is 0 Å². The molecule has 2 heteroatoms. The van der Waals surface area contributed by atoms with Crippen molar-refractivity contribution in [1.29, 1.82) is 0 Å². The van der Waals surface area contributed by atoms with Gasteiger partial charge in [0, 0.05) is 31.4 Å². The number of aryl methyl sites for hydroxylation is 1. The van der Waals surface area contributed by atoms with E-state index in [0.717, 1.165) is 13.0 Å². The largest absolute Gasteiger partial charge is 0.371 e. The number of rotatable bonds is 5. The third-order valence-corrected chi connectivity index (χ3v) is 4.01. The van der Waals surface area contributed by atoms with Crippen molar-refractivity contribution in [3.8, 4) is 0 Å². The Morgan fingerprint density at radius 3 is 2.53 bits per heavy atom.